The van der Waals surface area contributed by atoms with Gasteiger partial charge in [0.25, 0.3) is 0 Å². The van der Waals surface area contributed by atoms with E-state index in [1.54, 1.807) is 6.08 Å². The van der Waals surface area contributed by atoms with E-state index in [4.69, 9.17) is 4.74 Å². The van der Waals surface area contributed by atoms with Crippen molar-refractivity contribution in [2.24, 2.45) is 40.4 Å². The molecule has 5 aliphatic rings. The van der Waals surface area contributed by atoms with Crippen molar-refractivity contribution in [3.05, 3.63) is 11.6 Å². The molecule has 8 atom stereocenters. The number of ether oxygens (including phenoxy) is 1. The van der Waals surface area contributed by atoms with Gasteiger partial charge >= 0.3 is 5.97 Å². The first-order valence-corrected chi connectivity index (χ1v) is 11.1. The van der Waals surface area contributed by atoms with E-state index >= 15 is 0 Å². The number of carbonyl (C=O) groups is 1. The van der Waals surface area contributed by atoms with Gasteiger partial charge in [0.05, 0.1) is 6.10 Å². The van der Waals surface area contributed by atoms with Gasteiger partial charge in [0, 0.05) is 12.7 Å². The second-order valence-corrected chi connectivity index (χ2v) is 10.5. The molecular formula is C23H34O4. The van der Waals surface area contributed by atoms with Crippen LogP contribution in [-0.4, -0.2) is 35.5 Å². The molecule has 4 heteroatoms. The molecule has 0 aromatic rings. The summed E-state index contributed by atoms with van der Waals surface area (Å²) in [4.78, 5) is 11.6. The number of hydrogen-bond acceptors (Lipinski definition) is 4. The molecule has 0 saturated heterocycles. The summed E-state index contributed by atoms with van der Waals surface area (Å²) in [6.07, 6.45) is 11.6. The average Bonchev–Trinajstić information content (AvgIpc) is 3.23. The molecule has 27 heavy (non-hydrogen) atoms. The van der Waals surface area contributed by atoms with Gasteiger partial charge < -0.3 is 14.9 Å². The van der Waals surface area contributed by atoms with E-state index in [0.29, 0.717) is 42.8 Å². The fourth-order valence-electron chi connectivity index (χ4n) is 8.54. The highest BCUT2D eigenvalue weighted by Crippen LogP contribution is 2.68. The van der Waals surface area contributed by atoms with Crippen LogP contribution in [0.25, 0.3) is 0 Å². The van der Waals surface area contributed by atoms with Crippen LogP contribution in [0.4, 0.5) is 0 Å². The summed E-state index contributed by atoms with van der Waals surface area (Å²) in [6.45, 7) is 3.27. The van der Waals surface area contributed by atoms with Gasteiger partial charge in [-0.1, -0.05) is 6.92 Å². The number of cyclic esters (lactones) is 1. The third kappa shape index (κ3) is 2.51. The maximum atomic E-state index is 11.6. The van der Waals surface area contributed by atoms with Gasteiger partial charge in [0.1, 0.15) is 6.61 Å². The van der Waals surface area contributed by atoms with Gasteiger partial charge in [-0.2, -0.15) is 0 Å². The van der Waals surface area contributed by atoms with E-state index in [-0.39, 0.29) is 22.9 Å². The second kappa shape index (κ2) is 6.32. The van der Waals surface area contributed by atoms with Crippen LogP contribution in [0.3, 0.4) is 0 Å². The Morgan fingerprint density at radius 2 is 1.96 bits per heavy atom. The quantitative estimate of drug-likeness (QED) is 0.727. The molecule has 0 bridgehead atoms. The van der Waals surface area contributed by atoms with Gasteiger partial charge in [-0.3, -0.25) is 0 Å². The van der Waals surface area contributed by atoms with Crippen molar-refractivity contribution in [2.45, 2.75) is 70.8 Å². The number of esters is 1. The first kappa shape index (κ1) is 18.2. The van der Waals surface area contributed by atoms with Crippen molar-refractivity contribution in [2.75, 3.05) is 13.2 Å². The second-order valence-electron chi connectivity index (χ2n) is 10.5. The number of aliphatic hydroxyl groups is 2. The Hall–Kier alpha value is -0.870. The molecular weight excluding hydrogens is 340 g/mol. The Balaban J connectivity index is 1.43. The predicted octanol–water partition coefficient (Wildman–Crippen LogP) is 3.46. The highest BCUT2D eigenvalue weighted by atomic mass is 16.5. The molecule has 1 heterocycles. The van der Waals surface area contributed by atoms with Gasteiger partial charge in [0.15, 0.2) is 0 Å². The lowest BCUT2D eigenvalue weighted by Crippen LogP contribution is -2.56. The van der Waals surface area contributed by atoms with Crippen molar-refractivity contribution in [1.82, 2.24) is 0 Å². The summed E-state index contributed by atoms with van der Waals surface area (Å²) in [5.74, 6) is 2.84. The number of aliphatic hydroxyl groups excluding tert-OH is 2. The number of fused-ring (bicyclic) bond motifs is 5. The Labute approximate surface area is 162 Å². The zero-order chi connectivity index (χ0) is 18.8. The number of hydrogen-bond donors (Lipinski definition) is 2. The summed E-state index contributed by atoms with van der Waals surface area (Å²) in [5.41, 5.74) is 1.56. The standard InChI is InChI=1S/C23H34O4/c1-22-8-7-20-17(3-2-15-11-16(25)6-9-23(15,20)13-24)19(22)5-4-18(22)14-10-21(26)27-12-14/h10,15-20,24-25H,2-9,11-13H2,1H3/t15-,16+,17-,18+,19-,20+,22-,23+/m0/s1. The first-order chi connectivity index (χ1) is 13.0. The Kier molecular flexibility index (Phi) is 4.25. The Morgan fingerprint density at radius 1 is 1.11 bits per heavy atom. The normalized spacial score (nSPS) is 51.8. The van der Waals surface area contributed by atoms with E-state index < -0.39 is 0 Å². The molecule has 0 aromatic heterocycles. The van der Waals surface area contributed by atoms with E-state index in [9.17, 15) is 15.0 Å². The van der Waals surface area contributed by atoms with E-state index in [2.05, 4.69) is 6.92 Å². The van der Waals surface area contributed by atoms with Gasteiger partial charge in [-0.15, -0.1) is 0 Å². The minimum Gasteiger partial charge on any atom is -0.458 e. The van der Waals surface area contributed by atoms with Crippen LogP contribution in [0.5, 0.6) is 0 Å². The molecule has 0 aromatic carbocycles. The van der Waals surface area contributed by atoms with Crippen molar-refractivity contribution < 1.29 is 19.7 Å². The molecule has 4 saturated carbocycles. The average molecular weight is 375 g/mol. The highest BCUT2D eigenvalue weighted by molar-refractivity contribution is 5.85. The smallest absolute Gasteiger partial charge is 0.331 e. The molecule has 0 amide bonds. The molecule has 5 rings (SSSR count). The monoisotopic (exact) mass is 374 g/mol. The third-order valence-electron chi connectivity index (χ3n) is 9.76. The maximum Gasteiger partial charge on any atom is 0.331 e. The van der Waals surface area contributed by atoms with Crippen LogP contribution in [0, 0.1) is 40.4 Å². The molecule has 4 nitrogen and oxygen atoms in total. The van der Waals surface area contributed by atoms with Crippen molar-refractivity contribution in [1.29, 1.82) is 0 Å². The lowest BCUT2D eigenvalue weighted by Gasteiger charge is -2.61. The summed E-state index contributed by atoms with van der Waals surface area (Å²) in [6, 6.07) is 0. The van der Waals surface area contributed by atoms with Crippen molar-refractivity contribution in [3.8, 4) is 0 Å². The molecule has 0 radical (unpaired) electrons. The van der Waals surface area contributed by atoms with Crippen LogP contribution in [-0.2, 0) is 9.53 Å². The van der Waals surface area contributed by atoms with Gasteiger partial charge in [-0.05, 0) is 104 Å². The minimum atomic E-state index is -0.164. The Morgan fingerprint density at radius 3 is 2.70 bits per heavy atom. The molecule has 4 aliphatic carbocycles. The van der Waals surface area contributed by atoms with Crippen LogP contribution >= 0.6 is 0 Å². The molecule has 2 N–H and O–H groups in total. The summed E-state index contributed by atoms with van der Waals surface area (Å²) < 4.78 is 5.24. The minimum absolute atomic E-state index is 0.0489. The summed E-state index contributed by atoms with van der Waals surface area (Å²) >= 11 is 0. The first-order valence-electron chi connectivity index (χ1n) is 11.1. The topological polar surface area (TPSA) is 66.8 Å². The zero-order valence-electron chi connectivity index (χ0n) is 16.5. The van der Waals surface area contributed by atoms with E-state index in [1.807, 2.05) is 0 Å². The summed E-state index contributed by atoms with van der Waals surface area (Å²) in [7, 11) is 0. The molecule has 4 fully saturated rings. The van der Waals surface area contributed by atoms with Crippen LogP contribution in [0.15, 0.2) is 11.6 Å². The molecule has 150 valence electrons. The maximum absolute atomic E-state index is 11.6. The SMILES string of the molecule is C[C@@]12CC[C@@H]3[C@@H](CC[C@H]4C[C@H](O)CC[C@@]43CO)[C@@H]1CC[C@@H]2C1=CC(=O)OC1. The lowest BCUT2D eigenvalue weighted by molar-refractivity contribution is -0.152. The fraction of sp³-hybridized carbons (Fsp3) is 0.870. The molecule has 0 unspecified atom stereocenters. The number of rotatable bonds is 2. The largest absolute Gasteiger partial charge is 0.458 e. The highest BCUT2D eigenvalue weighted by Gasteiger charge is 2.61. The molecule has 0 spiro atoms. The van der Waals surface area contributed by atoms with Crippen molar-refractivity contribution >= 4 is 5.97 Å². The summed E-state index contributed by atoms with van der Waals surface area (Å²) in [5, 5.41) is 20.7. The lowest BCUT2D eigenvalue weighted by atomic mass is 9.44. The number of carbonyl (C=O) groups excluding carboxylic acids is 1. The van der Waals surface area contributed by atoms with Crippen LogP contribution in [0.2, 0.25) is 0 Å². The Bertz CT molecular complexity index is 657. The van der Waals surface area contributed by atoms with Gasteiger partial charge in [-0.25, -0.2) is 4.79 Å². The van der Waals surface area contributed by atoms with Crippen LogP contribution in [0.1, 0.15) is 64.7 Å². The third-order valence-corrected chi connectivity index (χ3v) is 9.76. The van der Waals surface area contributed by atoms with Gasteiger partial charge in [0.2, 0.25) is 0 Å². The van der Waals surface area contributed by atoms with E-state index in [0.717, 1.165) is 19.3 Å². The molecule has 1 aliphatic heterocycles. The van der Waals surface area contributed by atoms with Crippen molar-refractivity contribution in [3.63, 3.8) is 0 Å². The predicted molar refractivity (Wildman–Crippen MR) is 102 cm³/mol. The van der Waals surface area contributed by atoms with Crippen LogP contribution < -0.4 is 0 Å². The van der Waals surface area contributed by atoms with E-state index in [1.165, 1.54) is 44.1 Å². The fourth-order valence-corrected chi connectivity index (χ4v) is 8.54. The zero-order valence-corrected chi connectivity index (χ0v) is 16.5.